The summed E-state index contributed by atoms with van der Waals surface area (Å²) in [4.78, 5) is 25.5. The van der Waals surface area contributed by atoms with Crippen LogP contribution in [0.3, 0.4) is 0 Å². The summed E-state index contributed by atoms with van der Waals surface area (Å²) < 4.78 is 4.26. The van der Waals surface area contributed by atoms with E-state index in [4.69, 9.17) is 4.98 Å². The first-order valence-corrected chi connectivity index (χ1v) is 12.9. The summed E-state index contributed by atoms with van der Waals surface area (Å²) in [6, 6.07) is 8.19. The Bertz CT molecular complexity index is 1170. The van der Waals surface area contributed by atoms with E-state index < -0.39 is 0 Å². The molecule has 0 saturated heterocycles. The highest BCUT2D eigenvalue weighted by atomic mass is 16.2. The number of benzene rings is 1. The molecule has 1 amide bonds. The highest BCUT2D eigenvalue weighted by Gasteiger charge is 2.61. The molecule has 4 fully saturated rings. The summed E-state index contributed by atoms with van der Waals surface area (Å²) in [5.41, 5.74) is 1.59. The highest BCUT2D eigenvalue weighted by molar-refractivity contribution is 5.96. The summed E-state index contributed by atoms with van der Waals surface area (Å²) >= 11 is 0. The lowest BCUT2D eigenvalue weighted by atomic mass is 9.46. The van der Waals surface area contributed by atoms with E-state index in [1.807, 2.05) is 24.5 Å². The Balaban J connectivity index is 1.30. The first-order valence-electron chi connectivity index (χ1n) is 12.9. The van der Waals surface area contributed by atoms with Crippen LogP contribution in [0, 0.1) is 17.3 Å². The van der Waals surface area contributed by atoms with E-state index in [0.29, 0.717) is 17.8 Å². The van der Waals surface area contributed by atoms with Crippen molar-refractivity contribution in [2.75, 3.05) is 25.0 Å². The Kier molecular flexibility index (Phi) is 5.24. The van der Waals surface area contributed by atoms with Gasteiger partial charge in [0.2, 0.25) is 11.9 Å². The van der Waals surface area contributed by atoms with Gasteiger partial charge in [-0.1, -0.05) is 26.0 Å². The molecule has 1 N–H and O–H groups in total. The van der Waals surface area contributed by atoms with Crippen LogP contribution in [0.1, 0.15) is 52.4 Å². The molecule has 1 aromatic carbocycles. The van der Waals surface area contributed by atoms with E-state index >= 15 is 0 Å². The van der Waals surface area contributed by atoms with E-state index in [-0.39, 0.29) is 16.9 Å². The molecule has 4 aliphatic rings. The van der Waals surface area contributed by atoms with Gasteiger partial charge in [0.25, 0.3) is 0 Å². The van der Waals surface area contributed by atoms with Gasteiger partial charge >= 0.3 is 0 Å². The quantitative estimate of drug-likeness (QED) is 0.550. The van der Waals surface area contributed by atoms with Gasteiger partial charge in [0.1, 0.15) is 12.7 Å². The number of aromatic nitrogens is 5. The second-order valence-corrected chi connectivity index (χ2v) is 10.9. The van der Waals surface area contributed by atoms with Gasteiger partial charge < -0.3 is 9.47 Å². The lowest BCUT2D eigenvalue weighted by Gasteiger charge is -2.60. The van der Waals surface area contributed by atoms with Gasteiger partial charge in [0, 0.05) is 13.1 Å². The Morgan fingerprint density at radius 1 is 1.15 bits per heavy atom. The third-order valence-corrected chi connectivity index (χ3v) is 8.83. The minimum atomic E-state index is -0.349. The zero-order valence-electron chi connectivity index (χ0n) is 20.3. The second-order valence-electron chi connectivity index (χ2n) is 10.9. The molecule has 2 atom stereocenters. The Hall–Kier alpha value is -2.74. The maximum absolute atomic E-state index is 14.0. The summed E-state index contributed by atoms with van der Waals surface area (Å²) in [7, 11) is 0. The molecule has 0 spiro atoms. The normalized spacial score (nSPS) is 29.9. The molecule has 4 aliphatic carbocycles. The van der Waals surface area contributed by atoms with Crippen LogP contribution < -0.4 is 5.32 Å². The van der Waals surface area contributed by atoms with Gasteiger partial charge in [-0.3, -0.25) is 10.1 Å². The summed E-state index contributed by atoms with van der Waals surface area (Å²) in [6.45, 7) is 8.15. The van der Waals surface area contributed by atoms with Gasteiger partial charge in [0.05, 0.1) is 22.0 Å². The van der Waals surface area contributed by atoms with Crippen molar-refractivity contribution >= 4 is 22.9 Å². The first kappa shape index (κ1) is 21.8. The van der Waals surface area contributed by atoms with Crippen LogP contribution in [0.15, 0.2) is 36.9 Å². The summed E-state index contributed by atoms with van der Waals surface area (Å²) in [5.74, 6) is 1.99. The number of nitrogens with one attached hydrogen (secondary N) is 1. The van der Waals surface area contributed by atoms with Crippen molar-refractivity contribution in [2.24, 2.45) is 17.3 Å². The molecule has 2 aromatic heterocycles. The Morgan fingerprint density at radius 3 is 2.62 bits per heavy atom. The first-order chi connectivity index (χ1) is 16.5. The fourth-order valence-electron chi connectivity index (χ4n) is 7.61. The van der Waals surface area contributed by atoms with E-state index in [9.17, 15) is 4.79 Å². The van der Waals surface area contributed by atoms with Crippen LogP contribution in [-0.4, -0.2) is 54.8 Å². The van der Waals surface area contributed by atoms with Crippen LogP contribution in [0.25, 0.3) is 11.0 Å². The number of hydrogen-bond acceptors (Lipinski definition) is 5. The molecule has 2 heterocycles. The van der Waals surface area contributed by atoms with Gasteiger partial charge in [0.15, 0.2) is 0 Å². The zero-order valence-corrected chi connectivity index (χ0v) is 20.3. The number of likely N-dealkylation sites (N-methyl/N-ethyl adjacent to an activating group) is 1. The number of anilines is 1. The van der Waals surface area contributed by atoms with Crippen LogP contribution >= 0.6 is 0 Å². The van der Waals surface area contributed by atoms with Crippen LogP contribution in [0.4, 0.5) is 5.95 Å². The molecule has 8 heteroatoms. The van der Waals surface area contributed by atoms with Gasteiger partial charge in [-0.25, -0.2) is 14.6 Å². The summed E-state index contributed by atoms with van der Waals surface area (Å²) in [6.07, 6.45) is 9.76. The van der Waals surface area contributed by atoms with Crippen molar-refractivity contribution in [3.63, 3.8) is 0 Å². The van der Waals surface area contributed by atoms with Crippen molar-refractivity contribution in [3.8, 4) is 0 Å². The molecule has 2 unspecified atom stereocenters. The fourth-order valence-corrected chi connectivity index (χ4v) is 7.61. The number of carbonyl (C=O) groups excluding carboxylic acids is 1. The van der Waals surface area contributed by atoms with Gasteiger partial charge in [-0.05, 0) is 75.6 Å². The molecular weight excluding hydrogens is 426 g/mol. The third-order valence-electron chi connectivity index (χ3n) is 8.83. The Morgan fingerprint density at radius 2 is 1.91 bits per heavy atom. The topological polar surface area (TPSA) is 80.9 Å². The van der Waals surface area contributed by atoms with Crippen molar-refractivity contribution in [3.05, 3.63) is 36.9 Å². The van der Waals surface area contributed by atoms with E-state index in [2.05, 4.69) is 49.5 Å². The lowest BCUT2D eigenvalue weighted by molar-refractivity contribution is -0.150. The maximum atomic E-state index is 14.0. The predicted octanol–water partition coefficient (Wildman–Crippen LogP) is 3.90. The summed E-state index contributed by atoms with van der Waals surface area (Å²) in [5, 5.41) is 7.86. The average molecular weight is 462 g/mol. The number of fused-ring (bicyclic) bond motifs is 1. The van der Waals surface area contributed by atoms with Crippen molar-refractivity contribution in [1.82, 2.24) is 29.2 Å². The zero-order chi connectivity index (χ0) is 23.3. The number of nitrogens with zero attached hydrogens (tertiary/aromatic N) is 6. The molecule has 4 saturated carbocycles. The molecular formula is C26H35N7O. The molecule has 3 aromatic rings. The van der Waals surface area contributed by atoms with Crippen molar-refractivity contribution in [1.29, 1.82) is 0 Å². The van der Waals surface area contributed by atoms with E-state index in [1.165, 1.54) is 6.42 Å². The monoisotopic (exact) mass is 461 g/mol. The Labute approximate surface area is 200 Å². The number of hydrogen-bond donors (Lipinski definition) is 1. The molecule has 4 bridgehead atoms. The number of amides is 1. The number of rotatable bonds is 8. The second kappa shape index (κ2) is 8.18. The van der Waals surface area contributed by atoms with Crippen molar-refractivity contribution < 1.29 is 4.79 Å². The molecule has 34 heavy (non-hydrogen) atoms. The maximum Gasteiger partial charge on any atom is 0.233 e. The molecule has 180 valence electrons. The standard InChI is InChI=1S/C26H35N7O/c1-3-31(4-2)9-10-32-22-8-6-5-7-21(22)29-24(32)30-23(34)25-12-19-11-20(13-25)15-26(14-19,16-25)33-18-27-17-28-33/h5-8,17-20H,3-4,9-16H2,1-2H3,(H,29,30,34). The molecule has 0 aliphatic heterocycles. The van der Waals surface area contributed by atoms with Crippen LogP contribution in [0.5, 0.6) is 0 Å². The minimum absolute atomic E-state index is 0.0686. The van der Waals surface area contributed by atoms with Crippen molar-refractivity contribution in [2.45, 2.75) is 64.5 Å². The molecule has 0 radical (unpaired) electrons. The fraction of sp³-hybridized carbons (Fsp3) is 0.615. The number of para-hydroxylation sites is 2. The number of carbonyl (C=O) groups is 1. The van der Waals surface area contributed by atoms with Crippen LogP contribution in [-0.2, 0) is 16.9 Å². The largest absolute Gasteiger partial charge is 0.309 e. The molecule has 8 nitrogen and oxygen atoms in total. The van der Waals surface area contributed by atoms with E-state index in [1.54, 1.807) is 6.33 Å². The SMILES string of the molecule is CCN(CC)CCn1c(NC(=O)C23CC4CC(C2)CC(n2cncn2)(C4)C3)nc2ccccc21. The van der Waals surface area contributed by atoms with E-state index in [0.717, 1.165) is 69.3 Å². The van der Waals surface area contributed by atoms with Gasteiger partial charge in [-0.15, -0.1) is 0 Å². The average Bonchev–Trinajstić information content (AvgIpc) is 3.48. The van der Waals surface area contributed by atoms with Gasteiger partial charge in [-0.2, -0.15) is 5.10 Å². The van der Waals surface area contributed by atoms with Crippen LogP contribution in [0.2, 0.25) is 0 Å². The smallest absolute Gasteiger partial charge is 0.233 e. The third kappa shape index (κ3) is 3.45. The lowest BCUT2D eigenvalue weighted by Crippen LogP contribution is -2.60. The molecule has 7 rings (SSSR count). The highest BCUT2D eigenvalue weighted by Crippen LogP contribution is 2.64. The predicted molar refractivity (Wildman–Crippen MR) is 131 cm³/mol. The minimum Gasteiger partial charge on any atom is -0.309 e. The number of imidazole rings is 1.